The maximum atomic E-state index is 12.3. The van der Waals surface area contributed by atoms with Crippen LogP contribution in [0.5, 0.6) is 0 Å². The van der Waals surface area contributed by atoms with E-state index in [2.05, 4.69) is 13.8 Å². The Labute approximate surface area is 104 Å². The number of aliphatic hydroxyl groups excluding tert-OH is 1. The summed E-state index contributed by atoms with van der Waals surface area (Å²) in [6, 6.07) is 0.128. The van der Waals surface area contributed by atoms with Crippen molar-refractivity contribution in [1.29, 1.82) is 0 Å². The topological polar surface area (TPSA) is 43.8 Å². The summed E-state index contributed by atoms with van der Waals surface area (Å²) in [5.74, 6) is 1.06. The van der Waals surface area contributed by atoms with Crippen molar-refractivity contribution < 1.29 is 9.90 Å². The zero-order chi connectivity index (χ0) is 12.4. The van der Waals surface area contributed by atoms with Crippen LogP contribution in [0.25, 0.3) is 0 Å². The monoisotopic (exact) mass is 240 g/mol. The Morgan fingerprint density at radius 1 is 1.06 bits per heavy atom. The van der Waals surface area contributed by atoms with Crippen molar-refractivity contribution in [2.75, 3.05) is 26.2 Å². The quantitative estimate of drug-likeness (QED) is 0.698. The number of piperidine rings is 2. The van der Waals surface area contributed by atoms with Crippen LogP contribution in [0.3, 0.4) is 0 Å². The Hall–Kier alpha value is -0.770. The number of likely N-dealkylation sites (tertiary alicyclic amines) is 2. The number of hydrogen-bond donors (Lipinski definition) is 1. The Bertz CT molecular complexity index is 275. The number of urea groups is 1. The molecule has 0 aromatic heterocycles. The SMILES string of the molecule is CC1CCN(C(=O)N2CCC(C)C(O)C2)CC1. The minimum absolute atomic E-state index is 0.128. The Balaban J connectivity index is 1.87. The van der Waals surface area contributed by atoms with E-state index >= 15 is 0 Å². The molecule has 0 aromatic carbocycles. The molecule has 2 saturated heterocycles. The molecule has 0 aliphatic carbocycles. The van der Waals surface area contributed by atoms with Crippen LogP contribution in [0, 0.1) is 11.8 Å². The average molecular weight is 240 g/mol. The van der Waals surface area contributed by atoms with Crippen LogP contribution < -0.4 is 0 Å². The highest BCUT2D eigenvalue weighted by Crippen LogP contribution is 2.21. The zero-order valence-electron chi connectivity index (χ0n) is 10.9. The molecule has 2 heterocycles. The highest BCUT2D eigenvalue weighted by Gasteiger charge is 2.30. The van der Waals surface area contributed by atoms with E-state index < -0.39 is 0 Å². The van der Waals surface area contributed by atoms with Crippen molar-refractivity contribution in [2.45, 2.75) is 39.2 Å². The van der Waals surface area contributed by atoms with E-state index in [1.165, 1.54) is 0 Å². The van der Waals surface area contributed by atoms with Crippen LogP contribution in [0.1, 0.15) is 33.1 Å². The number of amides is 2. The normalized spacial score (nSPS) is 31.7. The Kier molecular flexibility index (Phi) is 3.92. The maximum absolute atomic E-state index is 12.3. The second-order valence-corrected chi connectivity index (χ2v) is 5.73. The van der Waals surface area contributed by atoms with Gasteiger partial charge in [0.2, 0.25) is 0 Å². The van der Waals surface area contributed by atoms with Gasteiger partial charge in [0.05, 0.1) is 6.10 Å². The summed E-state index contributed by atoms with van der Waals surface area (Å²) in [6.07, 6.45) is 2.78. The predicted octanol–water partition coefficient (Wildman–Crippen LogP) is 1.54. The smallest absolute Gasteiger partial charge is 0.320 e. The molecular formula is C13H24N2O2. The molecule has 0 spiro atoms. The van der Waals surface area contributed by atoms with Gasteiger partial charge >= 0.3 is 6.03 Å². The van der Waals surface area contributed by atoms with Crippen LogP contribution in [0.2, 0.25) is 0 Å². The molecule has 4 heteroatoms. The Morgan fingerprint density at radius 3 is 2.24 bits per heavy atom. The van der Waals surface area contributed by atoms with Crippen molar-refractivity contribution in [1.82, 2.24) is 9.80 Å². The number of carbonyl (C=O) groups excluding carboxylic acids is 1. The lowest BCUT2D eigenvalue weighted by Crippen LogP contribution is -2.52. The van der Waals surface area contributed by atoms with E-state index in [0.717, 1.165) is 44.8 Å². The maximum Gasteiger partial charge on any atom is 0.320 e. The van der Waals surface area contributed by atoms with Crippen LogP contribution in [-0.4, -0.2) is 53.2 Å². The number of β-amino-alcohol motifs (C(OH)–C–C–N with tert-alkyl or cyclic N) is 1. The van der Waals surface area contributed by atoms with E-state index in [1.807, 2.05) is 9.80 Å². The van der Waals surface area contributed by atoms with Gasteiger partial charge < -0.3 is 14.9 Å². The molecule has 0 saturated carbocycles. The summed E-state index contributed by atoms with van der Waals surface area (Å²) < 4.78 is 0. The van der Waals surface area contributed by atoms with Crippen LogP contribution in [0.15, 0.2) is 0 Å². The first-order valence-electron chi connectivity index (χ1n) is 6.80. The number of aliphatic hydroxyl groups is 1. The first-order valence-corrected chi connectivity index (χ1v) is 6.80. The van der Waals surface area contributed by atoms with Gasteiger partial charge in [-0.2, -0.15) is 0 Å². The van der Waals surface area contributed by atoms with Crippen molar-refractivity contribution in [3.8, 4) is 0 Å². The van der Waals surface area contributed by atoms with Gasteiger partial charge in [-0.3, -0.25) is 0 Å². The van der Waals surface area contributed by atoms with Gasteiger partial charge in [0.25, 0.3) is 0 Å². The molecule has 2 unspecified atom stereocenters. The van der Waals surface area contributed by atoms with Crippen LogP contribution in [-0.2, 0) is 0 Å². The second kappa shape index (κ2) is 5.25. The van der Waals surface area contributed by atoms with Gasteiger partial charge in [0.15, 0.2) is 0 Å². The molecule has 0 bridgehead atoms. The summed E-state index contributed by atoms with van der Waals surface area (Å²) in [5, 5.41) is 9.83. The van der Waals surface area contributed by atoms with Gasteiger partial charge in [-0.25, -0.2) is 4.79 Å². The first kappa shape index (κ1) is 12.7. The summed E-state index contributed by atoms with van der Waals surface area (Å²) in [6.45, 7) is 7.35. The number of hydrogen-bond acceptors (Lipinski definition) is 2. The minimum Gasteiger partial charge on any atom is -0.391 e. The van der Waals surface area contributed by atoms with Gasteiger partial charge in [0.1, 0.15) is 0 Å². The number of nitrogens with zero attached hydrogens (tertiary/aromatic N) is 2. The van der Waals surface area contributed by atoms with Crippen LogP contribution >= 0.6 is 0 Å². The molecule has 2 aliphatic heterocycles. The van der Waals surface area contributed by atoms with Crippen molar-refractivity contribution in [3.63, 3.8) is 0 Å². The lowest BCUT2D eigenvalue weighted by molar-refractivity contribution is 0.0327. The summed E-state index contributed by atoms with van der Waals surface area (Å²) in [4.78, 5) is 16.0. The van der Waals surface area contributed by atoms with E-state index in [-0.39, 0.29) is 12.1 Å². The van der Waals surface area contributed by atoms with Crippen molar-refractivity contribution >= 4 is 6.03 Å². The third-order valence-corrected chi connectivity index (χ3v) is 4.24. The van der Waals surface area contributed by atoms with E-state index in [4.69, 9.17) is 0 Å². The summed E-state index contributed by atoms with van der Waals surface area (Å²) in [5.41, 5.74) is 0. The minimum atomic E-state index is -0.351. The van der Waals surface area contributed by atoms with Gasteiger partial charge in [-0.1, -0.05) is 13.8 Å². The number of carbonyl (C=O) groups is 1. The largest absolute Gasteiger partial charge is 0.391 e. The molecule has 2 rings (SSSR count). The van der Waals surface area contributed by atoms with E-state index in [9.17, 15) is 9.90 Å². The second-order valence-electron chi connectivity index (χ2n) is 5.73. The molecule has 1 N–H and O–H groups in total. The lowest BCUT2D eigenvalue weighted by Gasteiger charge is -2.39. The van der Waals surface area contributed by atoms with E-state index in [1.54, 1.807) is 0 Å². The summed E-state index contributed by atoms with van der Waals surface area (Å²) in [7, 11) is 0. The highest BCUT2D eigenvalue weighted by molar-refractivity contribution is 5.74. The predicted molar refractivity (Wildman–Crippen MR) is 66.7 cm³/mol. The molecule has 17 heavy (non-hydrogen) atoms. The fourth-order valence-corrected chi connectivity index (χ4v) is 2.62. The molecule has 98 valence electrons. The molecule has 2 fully saturated rings. The van der Waals surface area contributed by atoms with E-state index in [0.29, 0.717) is 12.5 Å². The molecule has 2 amide bonds. The summed E-state index contributed by atoms with van der Waals surface area (Å²) >= 11 is 0. The Morgan fingerprint density at radius 2 is 1.65 bits per heavy atom. The third-order valence-electron chi connectivity index (χ3n) is 4.24. The standard InChI is InChI=1S/C13H24N2O2/c1-10-3-6-14(7-4-10)13(17)15-8-5-11(2)12(16)9-15/h10-12,16H,3-9H2,1-2H3. The van der Waals surface area contributed by atoms with Crippen LogP contribution in [0.4, 0.5) is 4.79 Å². The van der Waals surface area contributed by atoms with Gasteiger partial charge in [-0.15, -0.1) is 0 Å². The van der Waals surface area contributed by atoms with Crippen molar-refractivity contribution in [3.05, 3.63) is 0 Å². The average Bonchev–Trinajstić information content (AvgIpc) is 2.33. The third kappa shape index (κ3) is 2.92. The lowest BCUT2D eigenvalue weighted by atomic mass is 9.96. The number of rotatable bonds is 0. The fourth-order valence-electron chi connectivity index (χ4n) is 2.62. The molecule has 0 radical (unpaired) electrons. The molecule has 2 atom stereocenters. The van der Waals surface area contributed by atoms with Gasteiger partial charge in [-0.05, 0) is 31.1 Å². The zero-order valence-corrected chi connectivity index (χ0v) is 10.9. The molecule has 4 nitrogen and oxygen atoms in total. The molecule has 2 aliphatic rings. The van der Waals surface area contributed by atoms with Crippen molar-refractivity contribution in [2.24, 2.45) is 11.8 Å². The first-order chi connectivity index (χ1) is 8.08. The molecular weight excluding hydrogens is 216 g/mol. The molecule has 0 aromatic rings. The van der Waals surface area contributed by atoms with Gasteiger partial charge in [0, 0.05) is 26.2 Å². The highest BCUT2D eigenvalue weighted by atomic mass is 16.3. The fraction of sp³-hybridized carbons (Fsp3) is 0.923.